The molecule has 2 aromatic rings. The fourth-order valence-electron chi connectivity index (χ4n) is 2.13. The molecule has 0 saturated carbocycles. The highest BCUT2D eigenvalue weighted by atomic mass is 16.4. The summed E-state index contributed by atoms with van der Waals surface area (Å²) >= 11 is 0. The van der Waals surface area contributed by atoms with Gasteiger partial charge in [0.15, 0.2) is 11.4 Å². The molecular formula is C15H14N2O5. The quantitative estimate of drug-likeness (QED) is 0.873. The summed E-state index contributed by atoms with van der Waals surface area (Å²) in [5.74, 6) is -3.46. The average molecular weight is 302 g/mol. The van der Waals surface area contributed by atoms with Gasteiger partial charge in [-0.2, -0.15) is 0 Å². The second kappa shape index (κ2) is 6.21. The number of carbonyl (C=O) groups is 3. The third kappa shape index (κ3) is 2.73. The predicted octanol–water partition coefficient (Wildman–Crippen LogP) is 1.92. The first kappa shape index (κ1) is 15.4. The van der Waals surface area contributed by atoms with E-state index in [0.29, 0.717) is 12.8 Å². The van der Waals surface area contributed by atoms with Crippen LogP contribution in [0.1, 0.15) is 50.5 Å². The maximum Gasteiger partial charge on any atom is 0.357 e. The van der Waals surface area contributed by atoms with Crippen molar-refractivity contribution < 1.29 is 24.6 Å². The van der Waals surface area contributed by atoms with E-state index in [4.69, 9.17) is 5.11 Å². The third-order valence-corrected chi connectivity index (χ3v) is 3.05. The predicted molar refractivity (Wildman–Crippen MR) is 76.3 cm³/mol. The first-order valence-corrected chi connectivity index (χ1v) is 6.65. The molecule has 0 aliphatic heterocycles. The van der Waals surface area contributed by atoms with Gasteiger partial charge in [-0.05, 0) is 18.6 Å². The number of carbonyl (C=O) groups excluding carboxylic acids is 1. The van der Waals surface area contributed by atoms with Crippen LogP contribution in [0.15, 0.2) is 30.3 Å². The van der Waals surface area contributed by atoms with Gasteiger partial charge < -0.3 is 10.2 Å². The van der Waals surface area contributed by atoms with E-state index in [-0.39, 0.29) is 11.4 Å². The molecule has 2 rings (SSSR count). The van der Waals surface area contributed by atoms with Crippen molar-refractivity contribution in [2.45, 2.75) is 19.8 Å². The lowest BCUT2D eigenvalue weighted by molar-refractivity contribution is 0.0637. The number of aromatic carboxylic acids is 2. The zero-order valence-corrected chi connectivity index (χ0v) is 11.8. The van der Waals surface area contributed by atoms with Gasteiger partial charge in [-0.15, -0.1) is 0 Å². The summed E-state index contributed by atoms with van der Waals surface area (Å²) in [5.41, 5.74) is -0.985. The van der Waals surface area contributed by atoms with Crippen molar-refractivity contribution in [3.8, 4) is 0 Å². The lowest BCUT2D eigenvalue weighted by Gasteiger charge is -2.08. The van der Waals surface area contributed by atoms with Gasteiger partial charge in [0.05, 0.1) is 0 Å². The van der Waals surface area contributed by atoms with Gasteiger partial charge in [0.25, 0.3) is 5.91 Å². The number of benzene rings is 1. The lowest BCUT2D eigenvalue weighted by Crippen LogP contribution is -2.21. The fraction of sp³-hybridized carbons (Fsp3) is 0.200. The molecule has 0 saturated heterocycles. The number of carboxylic acids is 2. The summed E-state index contributed by atoms with van der Waals surface area (Å²) in [6.07, 6.45) is 0.892. The molecule has 7 heteroatoms. The van der Waals surface area contributed by atoms with Gasteiger partial charge in [-0.25, -0.2) is 14.6 Å². The van der Waals surface area contributed by atoms with Gasteiger partial charge in [0, 0.05) is 12.0 Å². The van der Waals surface area contributed by atoms with Crippen LogP contribution in [-0.2, 0) is 6.42 Å². The molecule has 0 atom stereocenters. The molecule has 0 aliphatic rings. The van der Waals surface area contributed by atoms with E-state index in [2.05, 4.69) is 4.98 Å². The smallest absolute Gasteiger partial charge is 0.357 e. The van der Waals surface area contributed by atoms with E-state index in [0.717, 1.165) is 4.57 Å². The Morgan fingerprint density at radius 2 is 1.73 bits per heavy atom. The van der Waals surface area contributed by atoms with Crippen molar-refractivity contribution in [1.29, 1.82) is 0 Å². The minimum atomic E-state index is -1.50. The first-order valence-electron chi connectivity index (χ1n) is 6.65. The molecule has 0 spiro atoms. The van der Waals surface area contributed by atoms with E-state index in [1.807, 2.05) is 6.92 Å². The van der Waals surface area contributed by atoms with E-state index >= 15 is 0 Å². The van der Waals surface area contributed by atoms with Crippen LogP contribution in [-0.4, -0.2) is 37.6 Å². The van der Waals surface area contributed by atoms with Gasteiger partial charge in [0.1, 0.15) is 5.82 Å². The number of hydrogen-bond donors (Lipinski definition) is 2. The minimum Gasteiger partial charge on any atom is -0.476 e. The fourth-order valence-corrected chi connectivity index (χ4v) is 2.13. The molecule has 7 nitrogen and oxygen atoms in total. The highest BCUT2D eigenvalue weighted by Crippen LogP contribution is 2.17. The summed E-state index contributed by atoms with van der Waals surface area (Å²) in [5, 5.41) is 18.4. The third-order valence-electron chi connectivity index (χ3n) is 3.05. The van der Waals surface area contributed by atoms with Crippen molar-refractivity contribution in [1.82, 2.24) is 9.55 Å². The number of imidazole rings is 1. The molecule has 1 aromatic carbocycles. The van der Waals surface area contributed by atoms with Crippen LogP contribution in [0.3, 0.4) is 0 Å². The SMILES string of the molecule is CCCc1nc(C(=O)O)c(C(=O)O)n1C(=O)c1ccccc1. The topological polar surface area (TPSA) is 109 Å². The summed E-state index contributed by atoms with van der Waals surface area (Å²) in [7, 11) is 0. The zero-order valence-electron chi connectivity index (χ0n) is 11.8. The highest BCUT2D eigenvalue weighted by molar-refractivity contribution is 6.06. The molecule has 2 N–H and O–H groups in total. The average Bonchev–Trinajstić information content (AvgIpc) is 2.87. The van der Waals surface area contributed by atoms with Crippen molar-refractivity contribution >= 4 is 17.8 Å². The Hall–Kier alpha value is -2.96. The number of aryl methyl sites for hydroxylation is 1. The largest absolute Gasteiger partial charge is 0.476 e. The summed E-state index contributed by atoms with van der Waals surface area (Å²) in [6, 6.07) is 8.07. The van der Waals surface area contributed by atoms with Gasteiger partial charge in [-0.3, -0.25) is 9.36 Å². The number of hydrogen-bond acceptors (Lipinski definition) is 4. The molecule has 0 bridgehead atoms. The summed E-state index contributed by atoms with van der Waals surface area (Å²) < 4.78 is 0.880. The van der Waals surface area contributed by atoms with Crippen molar-refractivity contribution in [3.05, 3.63) is 53.1 Å². The number of nitrogens with zero attached hydrogens (tertiary/aromatic N) is 2. The van der Waals surface area contributed by atoms with Crippen LogP contribution in [0.2, 0.25) is 0 Å². The van der Waals surface area contributed by atoms with Crippen LogP contribution in [0.5, 0.6) is 0 Å². The van der Waals surface area contributed by atoms with E-state index in [1.165, 1.54) is 12.1 Å². The maximum atomic E-state index is 12.6. The van der Waals surface area contributed by atoms with Crippen molar-refractivity contribution in [3.63, 3.8) is 0 Å². The minimum absolute atomic E-state index is 0.131. The molecule has 22 heavy (non-hydrogen) atoms. The van der Waals surface area contributed by atoms with Crippen LogP contribution in [0.4, 0.5) is 0 Å². The van der Waals surface area contributed by atoms with Gasteiger partial charge in [-0.1, -0.05) is 25.1 Å². The first-order chi connectivity index (χ1) is 10.5. The molecule has 0 amide bonds. The standard InChI is InChI=1S/C15H14N2O5/c1-2-6-10-16-11(14(19)20)12(15(21)22)17(10)13(18)9-7-4-3-5-8-9/h3-5,7-8H,2,6H2,1H3,(H,19,20)(H,21,22). The molecule has 1 heterocycles. The van der Waals surface area contributed by atoms with Gasteiger partial charge >= 0.3 is 11.9 Å². The van der Waals surface area contributed by atoms with Crippen LogP contribution in [0, 0.1) is 0 Å². The molecule has 0 unspecified atom stereocenters. The van der Waals surface area contributed by atoms with Crippen LogP contribution < -0.4 is 0 Å². The Kier molecular flexibility index (Phi) is 4.36. The zero-order chi connectivity index (χ0) is 16.3. The van der Waals surface area contributed by atoms with Crippen molar-refractivity contribution in [2.75, 3.05) is 0 Å². The van der Waals surface area contributed by atoms with Gasteiger partial charge in [0.2, 0.25) is 0 Å². The van der Waals surface area contributed by atoms with E-state index < -0.39 is 29.2 Å². The van der Waals surface area contributed by atoms with Crippen molar-refractivity contribution in [2.24, 2.45) is 0 Å². The molecule has 0 radical (unpaired) electrons. The Morgan fingerprint density at radius 1 is 1.09 bits per heavy atom. The highest BCUT2D eigenvalue weighted by Gasteiger charge is 2.30. The summed E-state index contributed by atoms with van der Waals surface area (Å²) in [6.45, 7) is 1.83. The van der Waals surface area contributed by atoms with E-state index in [1.54, 1.807) is 18.2 Å². The summed E-state index contributed by atoms with van der Waals surface area (Å²) in [4.78, 5) is 39.0. The second-order valence-electron chi connectivity index (χ2n) is 4.59. The second-order valence-corrected chi connectivity index (χ2v) is 4.59. The molecule has 0 fully saturated rings. The number of aromatic nitrogens is 2. The maximum absolute atomic E-state index is 12.6. The normalized spacial score (nSPS) is 10.4. The molecule has 1 aromatic heterocycles. The molecule has 114 valence electrons. The Labute approximate surface area is 125 Å². The number of rotatable bonds is 5. The number of carboxylic acid groups (broad SMARTS) is 2. The Morgan fingerprint density at radius 3 is 2.23 bits per heavy atom. The monoisotopic (exact) mass is 302 g/mol. The Bertz CT molecular complexity index is 734. The Balaban J connectivity index is 2.69. The van der Waals surface area contributed by atoms with Crippen LogP contribution in [0.25, 0.3) is 0 Å². The lowest BCUT2D eigenvalue weighted by atomic mass is 10.2. The molecule has 0 aliphatic carbocycles. The van der Waals surface area contributed by atoms with Crippen LogP contribution >= 0.6 is 0 Å². The van der Waals surface area contributed by atoms with E-state index in [9.17, 15) is 19.5 Å². The molecular weight excluding hydrogens is 288 g/mol.